The van der Waals surface area contributed by atoms with Gasteiger partial charge in [-0.2, -0.15) is 0 Å². The molecule has 1 fully saturated rings. The van der Waals surface area contributed by atoms with Crippen molar-refractivity contribution in [3.8, 4) is 0 Å². The van der Waals surface area contributed by atoms with Gasteiger partial charge in [0.05, 0.1) is 12.7 Å². The van der Waals surface area contributed by atoms with Crippen molar-refractivity contribution in [2.45, 2.75) is 45.6 Å². The summed E-state index contributed by atoms with van der Waals surface area (Å²) in [5, 5.41) is 9.63. The summed E-state index contributed by atoms with van der Waals surface area (Å²) in [4.78, 5) is 0. The highest BCUT2D eigenvalue weighted by Gasteiger charge is 2.25. The van der Waals surface area contributed by atoms with Gasteiger partial charge in [-0.05, 0) is 30.6 Å². The van der Waals surface area contributed by atoms with Gasteiger partial charge in [-0.1, -0.05) is 26.7 Å². The standard InChI is InChI=1S/C12H24O2/c1-9-4-5-11(6-10(9)2)7-12(13)8-14-3/h9-13H,4-8H2,1-3H3. The summed E-state index contributed by atoms with van der Waals surface area (Å²) in [6.07, 6.45) is 4.55. The van der Waals surface area contributed by atoms with Crippen molar-refractivity contribution in [1.29, 1.82) is 0 Å². The molecule has 0 saturated heterocycles. The van der Waals surface area contributed by atoms with Crippen LogP contribution in [0.15, 0.2) is 0 Å². The summed E-state index contributed by atoms with van der Waals surface area (Å²) in [7, 11) is 1.65. The number of rotatable bonds is 4. The first-order chi connectivity index (χ1) is 6.63. The van der Waals surface area contributed by atoms with Gasteiger partial charge in [0.15, 0.2) is 0 Å². The second kappa shape index (κ2) is 5.72. The third-order valence-corrected chi connectivity index (χ3v) is 3.67. The molecule has 2 heteroatoms. The zero-order valence-electron chi connectivity index (χ0n) is 9.70. The fourth-order valence-electron chi connectivity index (χ4n) is 2.52. The fourth-order valence-corrected chi connectivity index (χ4v) is 2.52. The first-order valence-electron chi connectivity index (χ1n) is 5.80. The summed E-state index contributed by atoms with van der Waals surface area (Å²) in [6.45, 7) is 5.16. The zero-order valence-corrected chi connectivity index (χ0v) is 9.70. The third kappa shape index (κ3) is 3.58. The Labute approximate surface area is 87.7 Å². The van der Waals surface area contributed by atoms with Gasteiger partial charge in [0.1, 0.15) is 0 Å². The lowest BCUT2D eigenvalue weighted by molar-refractivity contribution is 0.0376. The van der Waals surface area contributed by atoms with Gasteiger partial charge in [0.25, 0.3) is 0 Å². The van der Waals surface area contributed by atoms with E-state index in [0.717, 1.165) is 18.3 Å². The molecule has 0 heterocycles. The van der Waals surface area contributed by atoms with E-state index < -0.39 is 0 Å². The molecular weight excluding hydrogens is 176 g/mol. The summed E-state index contributed by atoms with van der Waals surface area (Å²) in [6, 6.07) is 0. The molecule has 1 aliphatic carbocycles. The highest BCUT2D eigenvalue weighted by molar-refractivity contribution is 4.77. The SMILES string of the molecule is COCC(O)CC1CCC(C)C(C)C1. The van der Waals surface area contributed by atoms with Crippen molar-refractivity contribution >= 4 is 0 Å². The summed E-state index contributed by atoms with van der Waals surface area (Å²) in [5.74, 6) is 2.40. The Hall–Kier alpha value is -0.0800. The van der Waals surface area contributed by atoms with Crippen molar-refractivity contribution < 1.29 is 9.84 Å². The van der Waals surface area contributed by atoms with Crippen LogP contribution in [-0.4, -0.2) is 24.9 Å². The second-order valence-electron chi connectivity index (χ2n) is 4.98. The van der Waals surface area contributed by atoms with Crippen molar-refractivity contribution in [1.82, 2.24) is 0 Å². The van der Waals surface area contributed by atoms with Crippen molar-refractivity contribution in [3.05, 3.63) is 0 Å². The molecular formula is C12H24O2. The van der Waals surface area contributed by atoms with Crippen LogP contribution in [0.5, 0.6) is 0 Å². The first-order valence-corrected chi connectivity index (χ1v) is 5.80. The molecule has 0 aromatic heterocycles. The van der Waals surface area contributed by atoms with Crippen molar-refractivity contribution in [2.75, 3.05) is 13.7 Å². The molecule has 0 spiro atoms. The van der Waals surface area contributed by atoms with Gasteiger partial charge in [0.2, 0.25) is 0 Å². The summed E-state index contributed by atoms with van der Waals surface area (Å²) < 4.78 is 4.94. The molecule has 1 aliphatic rings. The van der Waals surface area contributed by atoms with E-state index in [9.17, 15) is 5.11 Å². The van der Waals surface area contributed by atoms with Crippen LogP contribution in [0.2, 0.25) is 0 Å². The highest BCUT2D eigenvalue weighted by Crippen LogP contribution is 2.35. The summed E-state index contributed by atoms with van der Waals surface area (Å²) in [5.41, 5.74) is 0. The largest absolute Gasteiger partial charge is 0.391 e. The normalized spacial score (nSPS) is 35.6. The maximum absolute atomic E-state index is 9.63. The number of hydrogen-bond donors (Lipinski definition) is 1. The van der Waals surface area contributed by atoms with Crippen LogP contribution in [0.3, 0.4) is 0 Å². The number of aliphatic hydroxyl groups excluding tert-OH is 1. The molecule has 1 N–H and O–H groups in total. The van der Waals surface area contributed by atoms with Gasteiger partial charge in [-0.25, -0.2) is 0 Å². The Morgan fingerprint density at radius 3 is 2.57 bits per heavy atom. The number of methoxy groups -OCH3 is 1. The van der Waals surface area contributed by atoms with E-state index in [1.165, 1.54) is 19.3 Å². The Morgan fingerprint density at radius 1 is 1.29 bits per heavy atom. The third-order valence-electron chi connectivity index (χ3n) is 3.67. The molecule has 1 saturated carbocycles. The van der Waals surface area contributed by atoms with Crippen LogP contribution >= 0.6 is 0 Å². The average molecular weight is 200 g/mol. The van der Waals surface area contributed by atoms with Crippen LogP contribution in [-0.2, 0) is 4.74 Å². The van der Waals surface area contributed by atoms with Crippen LogP contribution < -0.4 is 0 Å². The van der Waals surface area contributed by atoms with Gasteiger partial charge in [-0.3, -0.25) is 0 Å². The quantitative estimate of drug-likeness (QED) is 0.755. The first kappa shape index (κ1) is 12.0. The highest BCUT2D eigenvalue weighted by atomic mass is 16.5. The molecule has 4 atom stereocenters. The minimum atomic E-state index is -0.259. The number of hydrogen-bond acceptors (Lipinski definition) is 2. The topological polar surface area (TPSA) is 29.5 Å². The number of ether oxygens (including phenoxy) is 1. The fraction of sp³-hybridized carbons (Fsp3) is 1.00. The monoisotopic (exact) mass is 200 g/mol. The minimum absolute atomic E-state index is 0.259. The predicted molar refractivity (Wildman–Crippen MR) is 58.2 cm³/mol. The molecule has 84 valence electrons. The Morgan fingerprint density at radius 2 is 2.00 bits per heavy atom. The zero-order chi connectivity index (χ0) is 10.6. The van der Waals surface area contributed by atoms with Crippen LogP contribution in [0.25, 0.3) is 0 Å². The molecule has 0 amide bonds. The molecule has 0 bridgehead atoms. The van der Waals surface area contributed by atoms with Crippen LogP contribution in [0.1, 0.15) is 39.5 Å². The van der Waals surface area contributed by atoms with Gasteiger partial charge in [0, 0.05) is 7.11 Å². The van der Waals surface area contributed by atoms with E-state index in [1.807, 2.05) is 0 Å². The summed E-state index contributed by atoms with van der Waals surface area (Å²) >= 11 is 0. The number of aliphatic hydroxyl groups is 1. The van der Waals surface area contributed by atoms with Gasteiger partial charge < -0.3 is 9.84 Å². The molecule has 4 unspecified atom stereocenters. The van der Waals surface area contributed by atoms with Crippen LogP contribution in [0, 0.1) is 17.8 Å². The van der Waals surface area contributed by atoms with E-state index in [4.69, 9.17) is 4.74 Å². The van der Waals surface area contributed by atoms with Gasteiger partial charge >= 0.3 is 0 Å². The Kier molecular flexibility index (Phi) is 4.90. The molecule has 1 rings (SSSR count). The van der Waals surface area contributed by atoms with E-state index in [2.05, 4.69) is 13.8 Å². The van der Waals surface area contributed by atoms with Crippen molar-refractivity contribution in [2.24, 2.45) is 17.8 Å². The lowest BCUT2D eigenvalue weighted by Crippen LogP contribution is -2.25. The average Bonchev–Trinajstić information content (AvgIpc) is 2.12. The molecule has 2 nitrogen and oxygen atoms in total. The van der Waals surface area contributed by atoms with Crippen molar-refractivity contribution in [3.63, 3.8) is 0 Å². The molecule has 14 heavy (non-hydrogen) atoms. The predicted octanol–water partition coefficient (Wildman–Crippen LogP) is 2.46. The molecule has 0 aliphatic heterocycles. The minimum Gasteiger partial charge on any atom is -0.391 e. The van der Waals surface area contributed by atoms with Gasteiger partial charge in [-0.15, -0.1) is 0 Å². The van der Waals surface area contributed by atoms with Crippen LogP contribution in [0.4, 0.5) is 0 Å². The lowest BCUT2D eigenvalue weighted by Gasteiger charge is -2.32. The Bertz CT molecular complexity index is 158. The van der Waals surface area contributed by atoms with E-state index in [-0.39, 0.29) is 6.10 Å². The Balaban J connectivity index is 2.25. The molecule has 0 aromatic carbocycles. The smallest absolute Gasteiger partial charge is 0.0776 e. The maximum atomic E-state index is 9.63. The maximum Gasteiger partial charge on any atom is 0.0776 e. The van der Waals surface area contributed by atoms with E-state index in [0.29, 0.717) is 12.5 Å². The molecule has 0 aromatic rings. The lowest BCUT2D eigenvalue weighted by atomic mass is 9.74. The second-order valence-corrected chi connectivity index (χ2v) is 4.98. The van der Waals surface area contributed by atoms with E-state index >= 15 is 0 Å². The van der Waals surface area contributed by atoms with E-state index in [1.54, 1.807) is 7.11 Å². The molecule has 0 radical (unpaired) electrons.